The Labute approximate surface area is 208 Å². The molecule has 4 aromatic rings. The summed E-state index contributed by atoms with van der Waals surface area (Å²) in [4.78, 5) is 38.7. The van der Waals surface area contributed by atoms with E-state index in [1.807, 2.05) is 30.3 Å². The van der Waals surface area contributed by atoms with Crippen molar-refractivity contribution in [3.63, 3.8) is 0 Å². The van der Waals surface area contributed by atoms with Crippen LogP contribution in [0.25, 0.3) is 11.3 Å². The van der Waals surface area contributed by atoms with Crippen LogP contribution in [0.3, 0.4) is 0 Å². The zero-order chi connectivity index (χ0) is 24.9. The van der Waals surface area contributed by atoms with Gasteiger partial charge in [-0.25, -0.2) is 9.97 Å². The Kier molecular flexibility index (Phi) is 6.65. The molecule has 3 N–H and O–H groups in total. The second-order valence-electron chi connectivity index (χ2n) is 8.72. The molecule has 0 aromatic carbocycles. The summed E-state index contributed by atoms with van der Waals surface area (Å²) in [6, 6.07) is 12.7. The lowest BCUT2D eigenvalue weighted by Gasteiger charge is -2.09. The first-order valence-corrected chi connectivity index (χ1v) is 11.7. The van der Waals surface area contributed by atoms with E-state index in [1.165, 1.54) is 17.5 Å². The van der Waals surface area contributed by atoms with Crippen LogP contribution in [0.15, 0.2) is 67.3 Å². The van der Waals surface area contributed by atoms with Crippen molar-refractivity contribution in [1.82, 2.24) is 30.0 Å². The third-order valence-corrected chi connectivity index (χ3v) is 5.80. The lowest BCUT2D eigenvalue weighted by Crippen LogP contribution is -2.25. The van der Waals surface area contributed by atoms with Crippen molar-refractivity contribution in [2.45, 2.75) is 19.4 Å². The molecule has 0 unspecified atom stereocenters. The first-order valence-electron chi connectivity index (χ1n) is 11.7. The Balaban J connectivity index is 1.28. The van der Waals surface area contributed by atoms with Crippen molar-refractivity contribution in [2.24, 2.45) is 13.0 Å². The maximum atomic E-state index is 13.0. The molecule has 10 nitrogen and oxygen atoms in total. The molecule has 2 amide bonds. The van der Waals surface area contributed by atoms with Gasteiger partial charge in [0.15, 0.2) is 5.69 Å². The molecule has 10 heteroatoms. The van der Waals surface area contributed by atoms with Crippen molar-refractivity contribution >= 4 is 23.3 Å². The molecular formula is C26H26N8O2. The van der Waals surface area contributed by atoms with Gasteiger partial charge in [0.2, 0.25) is 0 Å². The average molecular weight is 483 g/mol. The molecule has 0 spiro atoms. The third kappa shape index (κ3) is 5.72. The number of nitrogens with zero attached hydrogens (tertiary/aromatic N) is 5. The van der Waals surface area contributed by atoms with Gasteiger partial charge in [0.05, 0.1) is 11.4 Å². The van der Waals surface area contributed by atoms with Crippen LogP contribution in [0.1, 0.15) is 39.4 Å². The second-order valence-corrected chi connectivity index (χ2v) is 8.72. The highest BCUT2D eigenvalue weighted by Gasteiger charge is 2.21. The predicted octanol–water partition coefficient (Wildman–Crippen LogP) is 3.28. The number of aryl methyl sites for hydroxylation is 1. The number of nitrogens with one attached hydrogen (secondary N) is 3. The molecule has 4 heterocycles. The summed E-state index contributed by atoms with van der Waals surface area (Å²) >= 11 is 0. The fourth-order valence-electron chi connectivity index (χ4n) is 3.68. The number of amides is 2. The standard InChI is InChI=1S/C26H26N8O2/c1-34-16-22(24(33-34)26(36)30-15-18-7-10-27-11-8-18)32-25(35)21-4-2-3-20(31-21)19-9-12-28-23(13-19)29-14-17-5-6-17/h2-4,7-13,16-17H,5-6,14-15H2,1H3,(H,28,29)(H,30,36)(H,32,35). The van der Waals surface area contributed by atoms with Crippen LogP contribution in [0.4, 0.5) is 11.5 Å². The van der Waals surface area contributed by atoms with Gasteiger partial charge in [-0.2, -0.15) is 5.10 Å². The minimum Gasteiger partial charge on any atom is -0.370 e. The highest BCUT2D eigenvalue weighted by molar-refractivity contribution is 6.07. The molecule has 182 valence electrons. The van der Waals surface area contributed by atoms with Crippen molar-refractivity contribution in [1.29, 1.82) is 0 Å². The van der Waals surface area contributed by atoms with E-state index in [0.29, 0.717) is 17.9 Å². The van der Waals surface area contributed by atoms with Crippen LogP contribution < -0.4 is 16.0 Å². The van der Waals surface area contributed by atoms with E-state index in [2.05, 4.69) is 36.0 Å². The summed E-state index contributed by atoms with van der Waals surface area (Å²) in [7, 11) is 1.69. The molecular weight excluding hydrogens is 456 g/mol. The molecule has 1 aliphatic rings. The third-order valence-electron chi connectivity index (χ3n) is 5.80. The Morgan fingerprint density at radius 3 is 2.69 bits per heavy atom. The summed E-state index contributed by atoms with van der Waals surface area (Å²) < 4.78 is 1.48. The molecule has 0 bridgehead atoms. The van der Waals surface area contributed by atoms with Crippen LogP contribution in [0.5, 0.6) is 0 Å². The first kappa shape index (κ1) is 23.2. The number of anilines is 2. The average Bonchev–Trinajstić information content (AvgIpc) is 3.67. The van der Waals surface area contributed by atoms with Crippen molar-refractivity contribution in [3.05, 3.63) is 84.2 Å². The zero-order valence-corrected chi connectivity index (χ0v) is 19.8. The number of carbonyl (C=O) groups excluding carboxylic acids is 2. The van der Waals surface area contributed by atoms with Gasteiger partial charge in [0, 0.05) is 50.5 Å². The van der Waals surface area contributed by atoms with Gasteiger partial charge in [-0.05, 0) is 60.7 Å². The molecule has 0 atom stereocenters. The topological polar surface area (TPSA) is 127 Å². The zero-order valence-electron chi connectivity index (χ0n) is 19.8. The van der Waals surface area contributed by atoms with Gasteiger partial charge in [0.1, 0.15) is 11.5 Å². The molecule has 0 radical (unpaired) electrons. The normalized spacial score (nSPS) is 12.7. The van der Waals surface area contributed by atoms with E-state index in [1.54, 1.807) is 44.0 Å². The SMILES string of the molecule is Cn1cc(NC(=O)c2cccc(-c3ccnc(NCC4CC4)c3)n2)c(C(=O)NCc2ccncc2)n1. The fraction of sp³-hybridized carbons (Fsp3) is 0.231. The lowest BCUT2D eigenvalue weighted by atomic mass is 10.1. The number of carbonyl (C=O) groups is 2. The molecule has 0 aliphatic heterocycles. The van der Waals surface area contributed by atoms with Gasteiger partial charge in [-0.1, -0.05) is 6.07 Å². The Morgan fingerprint density at radius 1 is 1.06 bits per heavy atom. The van der Waals surface area contributed by atoms with Gasteiger partial charge in [0.25, 0.3) is 11.8 Å². The maximum Gasteiger partial charge on any atom is 0.274 e. The molecule has 1 saturated carbocycles. The smallest absolute Gasteiger partial charge is 0.274 e. The summed E-state index contributed by atoms with van der Waals surface area (Å²) in [6.07, 6.45) is 9.15. The highest BCUT2D eigenvalue weighted by atomic mass is 16.2. The molecule has 5 rings (SSSR count). The Bertz CT molecular complexity index is 1380. The summed E-state index contributed by atoms with van der Waals surface area (Å²) in [5.74, 6) is 0.686. The van der Waals surface area contributed by atoms with E-state index in [0.717, 1.165) is 29.4 Å². The largest absolute Gasteiger partial charge is 0.370 e. The Morgan fingerprint density at radius 2 is 1.89 bits per heavy atom. The van der Waals surface area contributed by atoms with Crippen molar-refractivity contribution in [2.75, 3.05) is 17.2 Å². The van der Waals surface area contributed by atoms with E-state index < -0.39 is 11.8 Å². The monoisotopic (exact) mass is 482 g/mol. The number of pyridine rings is 3. The minimum absolute atomic E-state index is 0.122. The van der Waals surface area contributed by atoms with Crippen LogP contribution in [-0.4, -0.2) is 43.1 Å². The fourth-order valence-corrected chi connectivity index (χ4v) is 3.68. The van der Waals surface area contributed by atoms with E-state index >= 15 is 0 Å². The van der Waals surface area contributed by atoms with E-state index in [4.69, 9.17) is 0 Å². The first-order chi connectivity index (χ1) is 17.5. The van der Waals surface area contributed by atoms with Gasteiger partial charge < -0.3 is 16.0 Å². The number of rotatable bonds is 9. The summed E-state index contributed by atoms with van der Waals surface area (Å²) in [6.45, 7) is 1.23. The minimum atomic E-state index is -0.436. The number of hydrogen-bond donors (Lipinski definition) is 3. The summed E-state index contributed by atoms with van der Waals surface area (Å²) in [5, 5.41) is 13.2. The van der Waals surface area contributed by atoms with Gasteiger partial charge >= 0.3 is 0 Å². The highest BCUT2D eigenvalue weighted by Crippen LogP contribution is 2.29. The van der Waals surface area contributed by atoms with Crippen LogP contribution in [0, 0.1) is 5.92 Å². The molecule has 1 fully saturated rings. The number of hydrogen-bond acceptors (Lipinski definition) is 7. The molecule has 1 aliphatic carbocycles. The molecule has 0 saturated heterocycles. The van der Waals surface area contributed by atoms with Crippen molar-refractivity contribution < 1.29 is 9.59 Å². The molecule has 36 heavy (non-hydrogen) atoms. The van der Waals surface area contributed by atoms with Crippen LogP contribution >= 0.6 is 0 Å². The summed E-state index contributed by atoms with van der Waals surface area (Å²) in [5.41, 5.74) is 3.07. The van der Waals surface area contributed by atoms with Crippen LogP contribution in [-0.2, 0) is 13.6 Å². The molecule has 4 aromatic heterocycles. The second kappa shape index (κ2) is 10.3. The predicted molar refractivity (Wildman–Crippen MR) is 135 cm³/mol. The van der Waals surface area contributed by atoms with E-state index in [9.17, 15) is 9.59 Å². The quantitative estimate of drug-likeness (QED) is 0.334. The lowest BCUT2D eigenvalue weighted by molar-refractivity contribution is 0.0946. The number of aromatic nitrogens is 5. The van der Waals surface area contributed by atoms with Crippen molar-refractivity contribution in [3.8, 4) is 11.3 Å². The van der Waals surface area contributed by atoms with E-state index in [-0.39, 0.29) is 11.4 Å². The van der Waals surface area contributed by atoms with Crippen LogP contribution in [0.2, 0.25) is 0 Å². The Hall–Kier alpha value is -4.60. The van der Waals surface area contributed by atoms with Gasteiger partial charge in [-0.3, -0.25) is 19.3 Å². The maximum absolute atomic E-state index is 13.0. The van der Waals surface area contributed by atoms with Gasteiger partial charge in [-0.15, -0.1) is 0 Å².